The molecule has 30 valence electrons. The molecule has 1 rings (SSSR count). The molecule has 2 heteroatoms. The Labute approximate surface area is 76.6 Å². The van der Waals surface area contributed by atoms with Gasteiger partial charge in [0.05, 0.1) is 12.5 Å². The molecule has 1 aromatic rings. The first-order chi connectivity index (χ1) is 2.50. The third kappa shape index (κ3) is 2.03. The van der Waals surface area contributed by atoms with Crippen molar-refractivity contribution >= 4 is 45.5 Å². The first kappa shape index (κ1) is 6.76. The standard InChI is InChI=1S/C4H4O.Sr.2H/c1-2-4-5-3-1;;;/h1-4H;;;/q;+2;2*-1. The van der Waals surface area contributed by atoms with Crippen molar-refractivity contribution in [3.8, 4) is 0 Å². The van der Waals surface area contributed by atoms with Crippen LogP contribution in [0, 0.1) is 0 Å². The zero-order valence-electron chi connectivity index (χ0n) is 5.42. The second kappa shape index (κ2) is 3.93. The average Bonchev–Trinajstić information content (AvgIpc) is 1.76. The summed E-state index contributed by atoms with van der Waals surface area (Å²) < 4.78 is 4.58. The van der Waals surface area contributed by atoms with Gasteiger partial charge in [-0.15, -0.1) is 0 Å². The van der Waals surface area contributed by atoms with Gasteiger partial charge in [0.2, 0.25) is 0 Å². The topological polar surface area (TPSA) is 13.1 Å². The van der Waals surface area contributed by atoms with Crippen molar-refractivity contribution in [1.29, 1.82) is 0 Å². The fourth-order valence-corrected chi connectivity index (χ4v) is 0.227. The minimum Gasteiger partial charge on any atom is -1.00 e. The van der Waals surface area contributed by atoms with Crippen LogP contribution in [0.4, 0.5) is 0 Å². The Morgan fingerprint density at radius 3 is 1.83 bits per heavy atom. The minimum absolute atomic E-state index is 0. The monoisotopic (exact) mass is 158 g/mol. The molecule has 0 bridgehead atoms. The molecule has 0 fully saturated rings. The Bertz CT molecular complexity index is 70.5. The van der Waals surface area contributed by atoms with E-state index in [1.54, 1.807) is 12.5 Å². The summed E-state index contributed by atoms with van der Waals surface area (Å²) in [4.78, 5) is 0. The van der Waals surface area contributed by atoms with Gasteiger partial charge in [-0.05, 0) is 12.1 Å². The summed E-state index contributed by atoms with van der Waals surface area (Å²) in [5.41, 5.74) is 0. The van der Waals surface area contributed by atoms with Crippen LogP contribution in [0.5, 0.6) is 0 Å². The van der Waals surface area contributed by atoms with Gasteiger partial charge < -0.3 is 7.27 Å². The van der Waals surface area contributed by atoms with Crippen LogP contribution in [-0.4, -0.2) is 45.5 Å². The van der Waals surface area contributed by atoms with Crippen LogP contribution >= 0.6 is 0 Å². The zero-order valence-corrected chi connectivity index (χ0v) is 6.90. The molecule has 1 aromatic heterocycles. The van der Waals surface area contributed by atoms with E-state index in [2.05, 4.69) is 4.42 Å². The molecular weight excluding hydrogens is 152 g/mol. The van der Waals surface area contributed by atoms with Crippen molar-refractivity contribution in [2.45, 2.75) is 0 Å². The van der Waals surface area contributed by atoms with Gasteiger partial charge in [0.25, 0.3) is 0 Å². The van der Waals surface area contributed by atoms with E-state index >= 15 is 0 Å². The predicted molar refractivity (Wildman–Crippen MR) is 26.7 cm³/mol. The molecule has 0 aliphatic carbocycles. The summed E-state index contributed by atoms with van der Waals surface area (Å²) in [5.74, 6) is 0. The number of hydrogen-bond acceptors (Lipinski definition) is 1. The van der Waals surface area contributed by atoms with Crippen molar-refractivity contribution in [2.24, 2.45) is 0 Å². The second-order valence-electron chi connectivity index (χ2n) is 0.793. The summed E-state index contributed by atoms with van der Waals surface area (Å²) in [6.07, 6.45) is 3.25. The Hall–Kier alpha value is 0.761. The van der Waals surface area contributed by atoms with Crippen molar-refractivity contribution in [3.05, 3.63) is 24.7 Å². The second-order valence-corrected chi connectivity index (χ2v) is 0.793. The van der Waals surface area contributed by atoms with Crippen LogP contribution in [0.1, 0.15) is 2.85 Å². The molecule has 0 N–H and O–H groups in total. The van der Waals surface area contributed by atoms with E-state index in [9.17, 15) is 0 Å². The summed E-state index contributed by atoms with van der Waals surface area (Å²) >= 11 is 0. The summed E-state index contributed by atoms with van der Waals surface area (Å²) in [6.45, 7) is 0. The molecule has 0 aliphatic rings. The summed E-state index contributed by atoms with van der Waals surface area (Å²) in [7, 11) is 0. The smallest absolute Gasteiger partial charge is 1.00 e. The van der Waals surface area contributed by atoms with Gasteiger partial charge in [-0.25, -0.2) is 0 Å². The van der Waals surface area contributed by atoms with E-state index in [-0.39, 0.29) is 48.3 Å². The molecule has 0 aliphatic heterocycles. The molecule has 0 aromatic carbocycles. The number of rotatable bonds is 0. The average molecular weight is 158 g/mol. The third-order valence-electron chi connectivity index (χ3n) is 0.425. The third-order valence-corrected chi connectivity index (χ3v) is 0.425. The van der Waals surface area contributed by atoms with Gasteiger partial charge in [0.1, 0.15) is 0 Å². The van der Waals surface area contributed by atoms with Gasteiger partial charge in [0.15, 0.2) is 0 Å². The molecule has 0 saturated carbocycles. The van der Waals surface area contributed by atoms with Crippen molar-refractivity contribution in [1.82, 2.24) is 0 Å². The van der Waals surface area contributed by atoms with E-state index < -0.39 is 0 Å². The maximum absolute atomic E-state index is 4.58. The van der Waals surface area contributed by atoms with Crippen LogP contribution < -0.4 is 0 Å². The molecule has 1 heterocycles. The Morgan fingerprint density at radius 2 is 1.67 bits per heavy atom. The molecule has 0 spiro atoms. The fraction of sp³-hybridized carbons (Fsp3) is 0. The molecule has 0 amide bonds. The largest absolute Gasteiger partial charge is 2.00 e. The summed E-state index contributed by atoms with van der Waals surface area (Å²) in [5, 5.41) is 0. The number of furan rings is 1. The quantitative estimate of drug-likeness (QED) is 0.515. The van der Waals surface area contributed by atoms with Crippen molar-refractivity contribution in [3.63, 3.8) is 0 Å². The molecule has 1 nitrogen and oxygen atoms in total. The van der Waals surface area contributed by atoms with Crippen LogP contribution in [0.2, 0.25) is 0 Å². The SMILES string of the molecule is [H-].[H-].[Sr+2].c1ccoc1. The van der Waals surface area contributed by atoms with Gasteiger partial charge in [0, 0.05) is 0 Å². The van der Waals surface area contributed by atoms with E-state index in [0.29, 0.717) is 0 Å². The Kier molecular flexibility index (Phi) is 4.43. The Morgan fingerprint density at radius 1 is 1.17 bits per heavy atom. The van der Waals surface area contributed by atoms with Crippen LogP contribution in [0.25, 0.3) is 0 Å². The maximum Gasteiger partial charge on any atom is 2.00 e. The molecule has 0 saturated heterocycles. The van der Waals surface area contributed by atoms with Gasteiger partial charge in [-0.1, -0.05) is 0 Å². The maximum atomic E-state index is 4.58. The van der Waals surface area contributed by atoms with Gasteiger partial charge >= 0.3 is 45.5 Å². The van der Waals surface area contributed by atoms with Gasteiger partial charge in [-0.3, -0.25) is 0 Å². The zero-order chi connectivity index (χ0) is 3.54. The van der Waals surface area contributed by atoms with Crippen molar-refractivity contribution in [2.75, 3.05) is 0 Å². The molecule has 6 heavy (non-hydrogen) atoms. The van der Waals surface area contributed by atoms with E-state index in [1.807, 2.05) is 12.1 Å². The fourth-order valence-electron chi connectivity index (χ4n) is 0.227. The van der Waals surface area contributed by atoms with Crippen LogP contribution in [0.3, 0.4) is 0 Å². The molecule has 0 radical (unpaired) electrons. The van der Waals surface area contributed by atoms with Crippen molar-refractivity contribution < 1.29 is 7.27 Å². The molecular formula is C4H6OSr. The Balaban J connectivity index is -0.0000000833. The van der Waals surface area contributed by atoms with Crippen LogP contribution in [0.15, 0.2) is 29.1 Å². The molecule has 0 atom stereocenters. The van der Waals surface area contributed by atoms with Crippen LogP contribution in [-0.2, 0) is 0 Å². The van der Waals surface area contributed by atoms with Gasteiger partial charge in [-0.2, -0.15) is 0 Å². The van der Waals surface area contributed by atoms with E-state index in [4.69, 9.17) is 0 Å². The first-order valence-electron chi connectivity index (χ1n) is 1.47. The normalized spacial score (nSPS) is 6.67. The number of hydrogen-bond donors (Lipinski definition) is 0. The first-order valence-corrected chi connectivity index (χ1v) is 1.47. The summed E-state index contributed by atoms with van der Waals surface area (Å²) in [6, 6.07) is 3.67. The van der Waals surface area contributed by atoms with E-state index in [1.165, 1.54) is 0 Å². The van der Waals surface area contributed by atoms with E-state index in [0.717, 1.165) is 0 Å². The minimum atomic E-state index is 0. The predicted octanol–water partition coefficient (Wildman–Crippen LogP) is 1.12. The molecule has 0 unspecified atom stereocenters.